The average Bonchev–Trinajstić information content (AvgIpc) is 2.69. The minimum absolute atomic E-state index is 0.381. The van der Waals surface area contributed by atoms with E-state index in [9.17, 15) is 0 Å². The van der Waals surface area contributed by atoms with Gasteiger partial charge in [-0.3, -0.25) is 0 Å². The number of nitrogens with two attached hydrogens (primary N) is 1. The highest BCUT2D eigenvalue weighted by Crippen LogP contribution is 2.20. The molecule has 0 bridgehead atoms. The van der Waals surface area contributed by atoms with E-state index in [-0.39, 0.29) is 0 Å². The number of rotatable bonds is 2. The zero-order chi connectivity index (χ0) is 10.8. The Kier molecular flexibility index (Phi) is 2.83. The van der Waals surface area contributed by atoms with Crippen molar-refractivity contribution in [3.8, 4) is 5.69 Å². The zero-order valence-electron chi connectivity index (χ0n) is 7.72. The van der Waals surface area contributed by atoms with Crippen molar-refractivity contribution in [2.45, 2.75) is 0 Å². The molecule has 2 N–H and O–H groups in total. The fourth-order valence-corrected chi connectivity index (χ4v) is 1.85. The number of hydrogen-bond acceptors (Lipinski definition) is 2. The molecular weight excluding hydrogens is 274 g/mol. The van der Waals surface area contributed by atoms with Gasteiger partial charge in [-0.25, -0.2) is 4.98 Å². The predicted molar refractivity (Wildman–Crippen MR) is 67.2 cm³/mol. The smallest absolute Gasteiger partial charge is 0.106 e. The predicted octanol–water partition coefficient (Wildman–Crippen LogP) is 2.27. The van der Waals surface area contributed by atoms with Crippen LogP contribution in [0, 0.1) is 0 Å². The monoisotopic (exact) mass is 281 g/mol. The molecule has 2 aromatic rings. The van der Waals surface area contributed by atoms with Crippen molar-refractivity contribution in [3.05, 3.63) is 47.0 Å². The summed E-state index contributed by atoms with van der Waals surface area (Å²) in [5.74, 6) is 0. The Morgan fingerprint density at radius 3 is 2.87 bits per heavy atom. The van der Waals surface area contributed by atoms with Crippen molar-refractivity contribution in [2.24, 2.45) is 5.73 Å². The Hall–Kier alpha value is -1.20. The lowest BCUT2D eigenvalue weighted by Crippen LogP contribution is -2.12. The topological polar surface area (TPSA) is 43.8 Å². The molecule has 0 saturated heterocycles. The van der Waals surface area contributed by atoms with Crippen LogP contribution < -0.4 is 5.73 Å². The van der Waals surface area contributed by atoms with Crippen molar-refractivity contribution < 1.29 is 0 Å². The van der Waals surface area contributed by atoms with E-state index in [2.05, 4.69) is 20.9 Å². The standard InChI is InChI=1S/C10H8BrN3S/c11-7-1-2-8(10(12)15)9(5-7)14-4-3-13-6-14/h1-6H,(H2,12,15). The fourth-order valence-electron chi connectivity index (χ4n) is 1.33. The SMILES string of the molecule is NC(=S)c1ccc(Br)cc1-n1ccnc1. The van der Waals surface area contributed by atoms with Gasteiger partial charge >= 0.3 is 0 Å². The number of benzene rings is 1. The van der Waals surface area contributed by atoms with E-state index in [1.807, 2.05) is 29.0 Å². The summed E-state index contributed by atoms with van der Waals surface area (Å²) in [6, 6.07) is 5.76. The summed E-state index contributed by atoms with van der Waals surface area (Å²) in [4.78, 5) is 4.37. The van der Waals surface area contributed by atoms with Crippen LogP contribution in [0.25, 0.3) is 5.69 Å². The first-order chi connectivity index (χ1) is 7.18. The van der Waals surface area contributed by atoms with Crippen LogP contribution in [0.5, 0.6) is 0 Å². The van der Waals surface area contributed by atoms with Gasteiger partial charge < -0.3 is 10.3 Å². The van der Waals surface area contributed by atoms with Crippen molar-refractivity contribution in [2.75, 3.05) is 0 Å². The average molecular weight is 282 g/mol. The number of halogens is 1. The second kappa shape index (κ2) is 4.12. The normalized spacial score (nSPS) is 10.2. The molecule has 5 heteroatoms. The maximum atomic E-state index is 5.65. The van der Waals surface area contributed by atoms with Crippen LogP contribution in [-0.4, -0.2) is 14.5 Å². The highest BCUT2D eigenvalue weighted by molar-refractivity contribution is 9.10. The van der Waals surface area contributed by atoms with Gasteiger partial charge in [-0.2, -0.15) is 0 Å². The molecule has 0 spiro atoms. The molecule has 0 aliphatic heterocycles. The number of nitrogens with zero attached hydrogens (tertiary/aromatic N) is 2. The summed E-state index contributed by atoms with van der Waals surface area (Å²) >= 11 is 8.41. The summed E-state index contributed by atoms with van der Waals surface area (Å²) < 4.78 is 2.85. The van der Waals surface area contributed by atoms with Crippen LogP contribution >= 0.6 is 28.1 Å². The van der Waals surface area contributed by atoms with E-state index in [1.165, 1.54) is 0 Å². The van der Waals surface area contributed by atoms with Gasteiger partial charge in [0.2, 0.25) is 0 Å². The molecule has 15 heavy (non-hydrogen) atoms. The molecule has 3 nitrogen and oxygen atoms in total. The van der Waals surface area contributed by atoms with Gasteiger partial charge in [-0.15, -0.1) is 0 Å². The first kappa shape index (κ1) is 10.3. The van der Waals surface area contributed by atoms with Gasteiger partial charge in [-0.05, 0) is 18.2 Å². The van der Waals surface area contributed by atoms with Crippen molar-refractivity contribution in [1.82, 2.24) is 9.55 Å². The van der Waals surface area contributed by atoms with Gasteiger partial charge in [0.05, 0.1) is 12.0 Å². The molecule has 0 saturated carbocycles. The Bertz CT molecular complexity index is 493. The number of hydrogen-bond donors (Lipinski definition) is 1. The molecular formula is C10H8BrN3S. The highest BCUT2D eigenvalue weighted by atomic mass is 79.9. The van der Waals surface area contributed by atoms with E-state index in [4.69, 9.17) is 18.0 Å². The Morgan fingerprint density at radius 1 is 1.47 bits per heavy atom. The van der Waals surface area contributed by atoms with E-state index in [0.717, 1.165) is 15.7 Å². The van der Waals surface area contributed by atoms with E-state index < -0.39 is 0 Å². The highest BCUT2D eigenvalue weighted by Gasteiger charge is 2.07. The van der Waals surface area contributed by atoms with Gasteiger partial charge in [0.25, 0.3) is 0 Å². The largest absolute Gasteiger partial charge is 0.389 e. The van der Waals surface area contributed by atoms with E-state index >= 15 is 0 Å². The van der Waals surface area contributed by atoms with Crippen LogP contribution in [0.4, 0.5) is 0 Å². The molecule has 0 radical (unpaired) electrons. The van der Waals surface area contributed by atoms with Crippen molar-refractivity contribution in [1.29, 1.82) is 0 Å². The summed E-state index contributed by atoms with van der Waals surface area (Å²) in [6.45, 7) is 0. The maximum Gasteiger partial charge on any atom is 0.106 e. The Morgan fingerprint density at radius 2 is 2.27 bits per heavy atom. The van der Waals surface area contributed by atoms with Gasteiger partial charge in [0, 0.05) is 22.4 Å². The van der Waals surface area contributed by atoms with Crippen LogP contribution in [0.1, 0.15) is 5.56 Å². The minimum atomic E-state index is 0.381. The molecule has 76 valence electrons. The second-order valence-corrected chi connectivity index (χ2v) is 4.35. The molecule has 0 aliphatic rings. The first-order valence-electron chi connectivity index (χ1n) is 4.26. The molecule has 0 fully saturated rings. The first-order valence-corrected chi connectivity index (χ1v) is 5.46. The van der Waals surface area contributed by atoms with E-state index in [1.54, 1.807) is 12.5 Å². The van der Waals surface area contributed by atoms with Crippen molar-refractivity contribution in [3.63, 3.8) is 0 Å². The van der Waals surface area contributed by atoms with Gasteiger partial charge in [-0.1, -0.05) is 28.1 Å². The molecule has 0 atom stereocenters. The Labute approximate surface area is 101 Å². The lowest BCUT2D eigenvalue weighted by molar-refractivity contribution is 1.05. The third-order valence-electron chi connectivity index (χ3n) is 2.01. The number of aromatic nitrogens is 2. The fraction of sp³-hybridized carbons (Fsp3) is 0. The van der Waals surface area contributed by atoms with Crippen LogP contribution in [-0.2, 0) is 0 Å². The lowest BCUT2D eigenvalue weighted by Gasteiger charge is -2.09. The van der Waals surface area contributed by atoms with Crippen molar-refractivity contribution >= 4 is 33.1 Å². The van der Waals surface area contributed by atoms with Crippen LogP contribution in [0.15, 0.2) is 41.4 Å². The number of imidazole rings is 1. The summed E-state index contributed by atoms with van der Waals surface area (Å²) in [6.07, 6.45) is 5.28. The second-order valence-electron chi connectivity index (χ2n) is 3.00. The molecule has 0 aliphatic carbocycles. The molecule has 2 rings (SSSR count). The molecule has 0 amide bonds. The minimum Gasteiger partial charge on any atom is -0.389 e. The third-order valence-corrected chi connectivity index (χ3v) is 2.72. The summed E-state index contributed by atoms with van der Waals surface area (Å²) in [7, 11) is 0. The quantitative estimate of drug-likeness (QED) is 0.859. The number of thiocarbonyl (C=S) groups is 1. The summed E-state index contributed by atoms with van der Waals surface area (Å²) in [5.41, 5.74) is 7.42. The summed E-state index contributed by atoms with van der Waals surface area (Å²) in [5, 5.41) is 0. The molecule has 1 aromatic heterocycles. The molecule has 1 heterocycles. The van der Waals surface area contributed by atoms with Crippen LogP contribution in [0.3, 0.4) is 0 Å². The molecule has 1 aromatic carbocycles. The Balaban J connectivity index is 2.63. The van der Waals surface area contributed by atoms with Crippen LogP contribution in [0.2, 0.25) is 0 Å². The zero-order valence-corrected chi connectivity index (χ0v) is 10.1. The van der Waals surface area contributed by atoms with Gasteiger partial charge in [0.1, 0.15) is 4.99 Å². The lowest BCUT2D eigenvalue weighted by atomic mass is 10.2. The van der Waals surface area contributed by atoms with Gasteiger partial charge in [0.15, 0.2) is 0 Å². The van der Waals surface area contributed by atoms with E-state index in [0.29, 0.717) is 4.99 Å². The third kappa shape index (κ3) is 2.08. The maximum absolute atomic E-state index is 5.65. The molecule has 0 unspecified atom stereocenters.